The van der Waals surface area contributed by atoms with E-state index in [0.29, 0.717) is 10.7 Å². The van der Waals surface area contributed by atoms with Crippen LogP contribution in [0.15, 0.2) is 34.9 Å². The van der Waals surface area contributed by atoms with Crippen molar-refractivity contribution < 1.29 is 9.53 Å². The van der Waals surface area contributed by atoms with Crippen molar-refractivity contribution in [3.05, 3.63) is 39.9 Å². The van der Waals surface area contributed by atoms with Gasteiger partial charge in [-0.1, -0.05) is 11.6 Å². The van der Waals surface area contributed by atoms with E-state index >= 15 is 0 Å². The van der Waals surface area contributed by atoms with Crippen LogP contribution < -0.4 is 5.32 Å². The second-order valence-electron chi connectivity index (χ2n) is 3.19. The Morgan fingerprint density at radius 3 is 2.61 bits per heavy atom. The number of hydrogen-bond donors (Lipinski definition) is 2. The zero-order chi connectivity index (χ0) is 13.5. The number of halogens is 1. The van der Waals surface area contributed by atoms with Crippen molar-refractivity contribution in [3.8, 4) is 6.07 Å². The first-order valence-corrected chi connectivity index (χ1v) is 5.94. The average Bonchev–Trinajstić information content (AvgIpc) is 2.33. The van der Waals surface area contributed by atoms with Crippen molar-refractivity contribution in [2.24, 2.45) is 0 Å². The van der Waals surface area contributed by atoms with Crippen LogP contribution in [0.3, 0.4) is 0 Å². The number of esters is 1. The number of rotatable bonds is 4. The molecule has 1 aromatic rings. The van der Waals surface area contributed by atoms with E-state index in [2.05, 4.69) is 17.9 Å². The minimum atomic E-state index is -0.702. The zero-order valence-corrected chi connectivity index (χ0v) is 11.3. The lowest BCUT2D eigenvalue weighted by atomic mass is 10.3. The van der Waals surface area contributed by atoms with Gasteiger partial charge in [0.05, 0.1) is 11.6 Å². The summed E-state index contributed by atoms with van der Waals surface area (Å²) < 4.78 is 4.74. The predicted octanol–water partition coefficient (Wildman–Crippen LogP) is 2.98. The van der Waals surface area contributed by atoms with Crippen LogP contribution in [-0.2, 0) is 9.53 Å². The molecule has 0 bridgehead atoms. The van der Waals surface area contributed by atoms with E-state index in [-0.39, 0.29) is 17.2 Å². The number of nitriles is 1. The maximum absolute atomic E-state index is 11.4. The third-order valence-electron chi connectivity index (χ3n) is 1.94. The third-order valence-corrected chi connectivity index (χ3v) is 2.52. The maximum Gasteiger partial charge on any atom is 0.351 e. The predicted molar refractivity (Wildman–Crippen MR) is 73.3 cm³/mol. The van der Waals surface area contributed by atoms with Gasteiger partial charge in [-0.2, -0.15) is 5.26 Å². The van der Waals surface area contributed by atoms with Crippen LogP contribution in [0.4, 0.5) is 5.69 Å². The molecule has 0 aromatic heterocycles. The summed E-state index contributed by atoms with van der Waals surface area (Å²) in [6.45, 7) is 1.86. The van der Waals surface area contributed by atoms with Crippen LogP contribution in [0.2, 0.25) is 5.02 Å². The molecule has 1 N–H and O–H groups in total. The van der Waals surface area contributed by atoms with Crippen molar-refractivity contribution in [1.82, 2.24) is 0 Å². The van der Waals surface area contributed by atoms with Crippen LogP contribution in [0.5, 0.6) is 0 Å². The largest absolute Gasteiger partial charge is 0.462 e. The average molecular weight is 283 g/mol. The number of hydrogen-bond acceptors (Lipinski definition) is 5. The smallest absolute Gasteiger partial charge is 0.351 e. The van der Waals surface area contributed by atoms with Gasteiger partial charge in [-0.15, -0.1) is 12.6 Å². The second-order valence-corrected chi connectivity index (χ2v) is 4.07. The number of thiol groups is 1. The van der Waals surface area contributed by atoms with Gasteiger partial charge in [0.25, 0.3) is 0 Å². The minimum Gasteiger partial charge on any atom is -0.462 e. The fraction of sp³-hybridized carbons (Fsp3) is 0.167. The van der Waals surface area contributed by atoms with Crippen LogP contribution in [-0.4, -0.2) is 12.6 Å². The van der Waals surface area contributed by atoms with Gasteiger partial charge in [0.1, 0.15) is 6.07 Å². The molecule has 0 saturated heterocycles. The molecule has 0 aliphatic heterocycles. The molecule has 6 heteroatoms. The molecule has 1 aromatic carbocycles. The molecule has 0 heterocycles. The number of nitrogens with one attached hydrogen (secondary N) is 1. The molecular formula is C12H11ClN2O2S. The summed E-state index contributed by atoms with van der Waals surface area (Å²) in [5, 5.41) is 12.4. The Balaban J connectivity index is 2.90. The fourth-order valence-electron chi connectivity index (χ4n) is 1.13. The summed E-state index contributed by atoms with van der Waals surface area (Å²) in [5.74, 6) is -0.702. The molecule has 0 spiro atoms. The Labute approximate surface area is 116 Å². The van der Waals surface area contributed by atoms with E-state index in [4.69, 9.17) is 21.6 Å². The number of ether oxygens (including phenoxy) is 1. The molecule has 0 aliphatic carbocycles. The molecule has 0 aliphatic rings. The Morgan fingerprint density at radius 2 is 2.11 bits per heavy atom. The molecule has 4 nitrogen and oxygen atoms in total. The van der Waals surface area contributed by atoms with Gasteiger partial charge in [-0.05, 0) is 31.2 Å². The standard InChI is InChI=1S/C12H11ClN2O2S/c1-2-17-12(16)10(7-14)11(18)15-9-5-3-8(13)4-6-9/h3-6,15,18H,2H2,1H3. The minimum absolute atomic E-state index is 0.137. The zero-order valence-electron chi connectivity index (χ0n) is 9.61. The van der Waals surface area contributed by atoms with Crippen molar-refractivity contribution in [2.45, 2.75) is 6.92 Å². The molecule has 0 amide bonds. The molecule has 0 radical (unpaired) electrons. The number of carbonyl (C=O) groups is 1. The Morgan fingerprint density at radius 1 is 1.50 bits per heavy atom. The second kappa shape index (κ2) is 6.94. The molecule has 94 valence electrons. The lowest BCUT2D eigenvalue weighted by Crippen LogP contribution is -2.10. The summed E-state index contributed by atoms with van der Waals surface area (Å²) in [4.78, 5) is 11.4. The first-order valence-electron chi connectivity index (χ1n) is 5.11. The van der Waals surface area contributed by atoms with Gasteiger partial charge in [0.15, 0.2) is 5.57 Å². The van der Waals surface area contributed by atoms with E-state index in [0.717, 1.165) is 0 Å². The van der Waals surface area contributed by atoms with Gasteiger partial charge in [-0.25, -0.2) is 4.79 Å². The SMILES string of the molecule is CCOC(=O)C(C#N)=C(S)Nc1ccc(Cl)cc1. The van der Waals surface area contributed by atoms with Gasteiger partial charge >= 0.3 is 5.97 Å². The van der Waals surface area contributed by atoms with Gasteiger partial charge in [0, 0.05) is 10.7 Å². The van der Waals surface area contributed by atoms with Crippen molar-refractivity contribution in [1.29, 1.82) is 5.26 Å². The molecule has 0 saturated carbocycles. The fourth-order valence-corrected chi connectivity index (χ4v) is 1.53. The van der Waals surface area contributed by atoms with E-state index in [1.165, 1.54) is 0 Å². The van der Waals surface area contributed by atoms with Crippen LogP contribution in [0.25, 0.3) is 0 Å². The summed E-state index contributed by atoms with van der Waals surface area (Å²) in [7, 11) is 0. The highest BCUT2D eigenvalue weighted by Gasteiger charge is 2.14. The van der Waals surface area contributed by atoms with E-state index in [1.807, 2.05) is 0 Å². The molecule has 0 unspecified atom stereocenters. The van der Waals surface area contributed by atoms with Gasteiger partial charge in [-0.3, -0.25) is 0 Å². The lowest BCUT2D eigenvalue weighted by molar-refractivity contribution is -0.138. The molecule has 1 rings (SSSR count). The Hall–Kier alpha value is -1.64. The summed E-state index contributed by atoms with van der Waals surface area (Å²) in [6, 6.07) is 8.54. The summed E-state index contributed by atoms with van der Waals surface area (Å²) in [5.41, 5.74) is 0.497. The summed E-state index contributed by atoms with van der Waals surface area (Å²) in [6.07, 6.45) is 0. The first-order chi connectivity index (χ1) is 8.58. The van der Waals surface area contributed by atoms with Crippen LogP contribution in [0.1, 0.15) is 6.92 Å². The molecule has 18 heavy (non-hydrogen) atoms. The van der Waals surface area contributed by atoms with E-state index in [9.17, 15) is 4.79 Å². The molecule has 0 atom stereocenters. The van der Waals surface area contributed by atoms with Gasteiger partial charge in [0.2, 0.25) is 0 Å². The number of anilines is 1. The van der Waals surface area contributed by atoms with Crippen LogP contribution >= 0.6 is 24.2 Å². The molecule has 0 fully saturated rings. The lowest BCUT2D eigenvalue weighted by Gasteiger charge is -2.08. The number of carbonyl (C=O) groups excluding carboxylic acids is 1. The monoisotopic (exact) mass is 282 g/mol. The maximum atomic E-state index is 11.4. The van der Waals surface area contributed by atoms with Crippen molar-refractivity contribution in [2.75, 3.05) is 11.9 Å². The Kier molecular flexibility index (Phi) is 5.56. The normalized spacial score (nSPS) is 11.2. The topological polar surface area (TPSA) is 62.1 Å². The summed E-state index contributed by atoms with van der Waals surface area (Å²) >= 11 is 9.83. The number of nitrogens with zero attached hydrogens (tertiary/aromatic N) is 1. The van der Waals surface area contributed by atoms with Crippen molar-refractivity contribution in [3.63, 3.8) is 0 Å². The van der Waals surface area contributed by atoms with E-state index < -0.39 is 5.97 Å². The van der Waals surface area contributed by atoms with Crippen LogP contribution in [0, 0.1) is 11.3 Å². The van der Waals surface area contributed by atoms with Crippen molar-refractivity contribution >= 4 is 35.9 Å². The highest BCUT2D eigenvalue weighted by molar-refractivity contribution is 7.84. The van der Waals surface area contributed by atoms with Gasteiger partial charge < -0.3 is 10.1 Å². The highest BCUT2D eigenvalue weighted by Crippen LogP contribution is 2.18. The first kappa shape index (κ1) is 14.4. The molecular weight excluding hydrogens is 272 g/mol. The Bertz CT molecular complexity index is 506. The number of benzene rings is 1. The highest BCUT2D eigenvalue weighted by atomic mass is 35.5. The quantitative estimate of drug-likeness (QED) is 0.386. The third kappa shape index (κ3) is 3.99. The van der Waals surface area contributed by atoms with E-state index in [1.54, 1.807) is 37.3 Å².